The molecule has 0 unspecified atom stereocenters. The number of unbranched alkanes of at least 4 members (excludes halogenated alkanes) is 7. The number of hydrogen-bond donors (Lipinski definition) is 0. The van der Waals surface area contributed by atoms with Gasteiger partial charge in [-0.3, -0.25) is 0 Å². The van der Waals surface area contributed by atoms with Crippen molar-refractivity contribution in [1.82, 2.24) is 0 Å². The summed E-state index contributed by atoms with van der Waals surface area (Å²) in [5, 5.41) is 0. The molecule has 86 valence electrons. The van der Waals surface area contributed by atoms with Gasteiger partial charge in [-0.15, -0.1) is 0 Å². The van der Waals surface area contributed by atoms with Crippen molar-refractivity contribution in [3.8, 4) is 0 Å². The predicted octanol–water partition coefficient (Wildman–Crippen LogP) is 2.09. The van der Waals surface area contributed by atoms with E-state index in [-0.39, 0.29) is 0 Å². The van der Waals surface area contributed by atoms with Crippen molar-refractivity contribution in [3.05, 3.63) is 0 Å². The average Bonchev–Trinajstić information content (AvgIpc) is 2.15. The van der Waals surface area contributed by atoms with Crippen LogP contribution in [0.15, 0.2) is 0 Å². The molecular weight excluding hydrogens is 199 g/mol. The zero-order valence-corrected chi connectivity index (χ0v) is 9.93. The summed E-state index contributed by atoms with van der Waals surface area (Å²) in [4.78, 5) is 20.0. The Morgan fingerprint density at radius 3 is 1.86 bits per heavy atom. The maximum absolute atomic E-state index is 10.0. The van der Waals surface area contributed by atoms with Crippen molar-refractivity contribution >= 4 is 8.60 Å². The van der Waals surface area contributed by atoms with Crippen LogP contribution in [0.4, 0.5) is 0 Å². The first kappa shape index (κ1) is 14.3. The highest BCUT2D eigenvalue weighted by Gasteiger charge is 1.90. The molecule has 0 rings (SSSR count). The summed E-state index contributed by atoms with van der Waals surface area (Å²) in [5.74, 6) is 0. The summed E-state index contributed by atoms with van der Waals surface area (Å²) >= 11 is 0. The molecule has 0 aliphatic rings. The second kappa shape index (κ2) is 11.4. The Morgan fingerprint density at radius 1 is 0.857 bits per heavy atom. The zero-order chi connectivity index (χ0) is 10.6. The Morgan fingerprint density at radius 2 is 1.36 bits per heavy atom. The Balaban J connectivity index is 2.85. The number of rotatable bonds is 10. The first-order valence-corrected chi connectivity index (χ1v) is 6.64. The summed E-state index contributed by atoms with van der Waals surface area (Å²) in [6.07, 6.45) is 9.66. The minimum atomic E-state index is -2.63. The molecule has 0 atom stereocenters. The van der Waals surface area contributed by atoms with Gasteiger partial charge in [0.25, 0.3) is 0 Å². The molecule has 0 saturated carbocycles. The molecule has 0 aromatic heterocycles. The van der Waals surface area contributed by atoms with Crippen LogP contribution in [0.5, 0.6) is 0 Å². The molecule has 0 aliphatic heterocycles. The summed E-state index contributed by atoms with van der Waals surface area (Å²) in [6.45, 7) is 2.56. The average molecular weight is 220 g/mol. The molecule has 3 nitrogen and oxygen atoms in total. The van der Waals surface area contributed by atoms with Crippen LogP contribution in [0, 0.1) is 0 Å². The summed E-state index contributed by atoms with van der Waals surface area (Å²) in [5.41, 5.74) is 0. The fourth-order valence-electron chi connectivity index (χ4n) is 1.38. The third-order valence-corrected chi connectivity index (χ3v) is 2.59. The van der Waals surface area contributed by atoms with Gasteiger partial charge in [-0.1, -0.05) is 51.9 Å². The number of hydrogen-bond acceptors (Lipinski definition) is 3. The van der Waals surface area contributed by atoms with Gasteiger partial charge in [0.05, 0.1) is 0 Å². The van der Waals surface area contributed by atoms with Gasteiger partial charge in [0.2, 0.25) is 0 Å². The van der Waals surface area contributed by atoms with Gasteiger partial charge in [-0.2, -0.15) is 8.60 Å². The molecule has 0 aromatic rings. The van der Waals surface area contributed by atoms with E-state index in [0.717, 1.165) is 12.8 Å². The van der Waals surface area contributed by atoms with Gasteiger partial charge < -0.3 is 14.3 Å². The molecular formula is C10H21O3P-2. The summed E-state index contributed by atoms with van der Waals surface area (Å²) in [7, 11) is -2.63. The monoisotopic (exact) mass is 220 g/mol. The van der Waals surface area contributed by atoms with Crippen LogP contribution in [0.2, 0.25) is 0 Å². The van der Waals surface area contributed by atoms with Crippen molar-refractivity contribution in [2.45, 2.75) is 58.3 Å². The SMILES string of the molecule is CCCCCCCCCCOP([O-])[O-]. The Bertz CT molecular complexity index is 110. The fourth-order valence-corrected chi connectivity index (χ4v) is 1.65. The zero-order valence-electron chi connectivity index (χ0n) is 9.04. The second-order valence-corrected chi connectivity index (χ2v) is 4.24. The van der Waals surface area contributed by atoms with Crippen LogP contribution in [-0.4, -0.2) is 6.61 Å². The Labute approximate surface area is 88.5 Å². The third kappa shape index (κ3) is 12.3. The van der Waals surface area contributed by atoms with E-state index >= 15 is 0 Å². The van der Waals surface area contributed by atoms with E-state index in [0.29, 0.717) is 6.61 Å². The molecule has 0 heterocycles. The molecule has 0 amide bonds. The van der Waals surface area contributed by atoms with Gasteiger partial charge in [0, 0.05) is 6.61 Å². The molecule has 0 spiro atoms. The van der Waals surface area contributed by atoms with Crippen LogP contribution in [0.1, 0.15) is 58.3 Å². The lowest BCUT2D eigenvalue weighted by Gasteiger charge is -2.28. The topological polar surface area (TPSA) is 55.3 Å². The molecule has 0 aromatic carbocycles. The van der Waals surface area contributed by atoms with E-state index < -0.39 is 8.60 Å². The first-order chi connectivity index (χ1) is 6.77. The predicted molar refractivity (Wildman–Crippen MR) is 55.5 cm³/mol. The van der Waals surface area contributed by atoms with E-state index in [1.54, 1.807) is 0 Å². The maximum Gasteiger partial charge on any atom is 0.0476 e. The molecule has 0 saturated heterocycles. The van der Waals surface area contributed by atoms with Crippen LogP contribution >= 0.6 is 8.60 Å². The fraction of sp³-hybridized carbons (Fsp3) is 1.00. The normalized spacial score (nSPS) is 11.1. The lowest BCUT2D eigenvalue weighted by atomic mass is 10.1. The molecule has 0 N–H and O–H groups in total. The molecule has 0 aliphatic carbocycles. The second-order valence-electron chi connectivity index (χ2n) is 3.53. The minimum Gasteiger partial charge on any atom is -0.820 e. The van der Waals surface area contributed by atoms with Crippen molar-refractivity contribution in [3.63, 3.8) is 0 Å². The molecule has 0 radical (unpaired) electrons. The van der Waals surface area contributed by atoms with Crippen LogP contribution in [0.3, 0.4) is 0 Å². The summed E-state index contributed by atoms with van der Waals surface area (Å²) < 4.78 is 4.44. The first-order valence-electron chi connectivity index (χ1n) is 5.54. The maximum atomic E-state index is 10.0. The largest absolute Gasteiger partial charge is 0.820 e. The minimum absolute atomic E-state index is 0.355. The van der Waals surface area contributed by atoms with Crippen molar-refractivity contribution in [2.75, 3.05) is 6.61 Å². The third-order valence-electron chi connectivity index (χ3n) is 2.19. The van der Waals surface area contributed by atoms with Gasteiger partial charge in [0.15, 0.2) is 0 Å². The van der Waals surface area contributed by atoms with Crippen molar-refractivity contribution < 1.29 is 14.3 Å². The van der Waals surface area contributed by atoms with Crippen molar-refractivity contribution in [2.24, 2.45) is 0 Å². The Hall–Kier alpha value is 0.310. The smallest absolute Gasteiger partial charge is 0.0476 e. The summed E-state index contributed by atoms with van der Waals surface area (Å²) in [6, 6.07) is 0. The van der Waals surface area contributed by atoms with Gasteiger partial charge in [0.1, 0.15) is 0 Å². The van der Waals surface area contributed by atoms with Crippen LogP contribution in [-0.2, 0) is 4.52 Å². The van der Waals surface area contributed by atoms with Gasteiger partial charge >= 0.3 is 0 Å². The lowest BCUT2D eigenvalue weighted by Crippen LogP contribution is -2.11. The van der Waals surface area contributed by atoms with E-state index in [2.05, 4.69) is 11.4 Å². The highest BCUT2D eigenvalue weighted by atomic mass is 31.2. The lowest BCUT2D eigenvalue weighted by molar-refractivity contribution is -0.318. The van der Waals surface area contributed by atoms with E-state index in [1.165, 1.54) is 38.5 Å². The van der Waals surface area contributed by atoms with E-state index in [4.69, 9.17) is 0 Å². The quantitative estimate of drug-likeness (QED) is 0.418. The Kier molecular flexibility index (Phi) is 11.6. The molecule has 0 fully saturated rings. The molecule has 0 bridgehead atoms. The van der Waals surface area contributed by atoms with Gasteiger partial charge in [-0.25, -0.2) is 0 Å². The van der Waals surface area contributed by atoms with Crippen LogP contribution < -0.4 is 9.79 Å². The molecule has 14 heavy (non-hydrogen) atoms. The highest BCUT2D eigenvalue weighted by molar-refractivity contribution is 7.36. The van der Waals surface area contributed by atoms with E-state index in [1.807, 2.05) is 0 Å². The standard InChI is InChI=1S/C10H21O3P/c1-2-3-4-5-6-7-8-9-10-13-14(11)12/h2-10H2,1H3/q-2. The molecule has 4 heteroatoms. The van der Waals surface area contributed by atoms with Crippen molar-refractivity contribution in [1.29, 1.82) is 0 Å². The van der Waals surface area contributed by atoms with Gasteiger partial charge in [-0.05, 0) is 6.42 Å². The van der Waals surface area contributed by atoms with Crippen LogP contribution in [0.25, 0.3) is 0 Å². The van der Waals surface area contributed by atoms with E-state index in [9.17, 15) is 9.79 Å². The highest BCUT2D eigenvalue weighted by Crippen LogP contribution is 2.14.